The van der Waals surface area contributed by atoms with Gasteiger partial charge in [-0.05, 0) is 54.9 Å². The minimum Gasteiger partial charge on any atom is -0.493 e. The Morgan fingerprint density at radius 1 is 1.35 bits per heavy atom. The molecule has 0 saturated heterocycles. The van der Waals surface area contributed by atoms with Crippen molar-refractivity contribution in [1.29, 1.82) is 0 Å². The van der Waals surface area contributed by atoms with Crippen molar-refractivity contribution in [3.63, 3.8) is 0 Å². The van der Waals surface area contributed by atoms with E-state index in [1.165, 1.54) is 30.4 Å². The van der Waals surface area contributed by atoms with E-state index in [1.807, 2.05) is 6.07 Å². The molecule has 1 aliphatic heterocycles. The maximum absolute atomic E-state index is 6.70. The summed E-state index contributed by atoms with van der Waals surface area (Å²) >= 11 is 6.25. The fourth-order valence-corrected chi connectivity index (χ4v) is 3.90. The monoisotopic (exact) mass is 293 g/mol. The van der Waals surface area contributed by atoms with Gasteiger partial charge in [0.15, 0.2) is 0 Å². The molecule has 2 aliphatic rings. The number of rotatable bonds is 2. The summed E-state index contributed by atoms with van der Waals surface area (Å²) in [5, 5.41) is 0.815. The maximum Gasteiger partial charge on any atom is 0.125 e. The number of benzene rings is 1. The molecule has 1 fully saturated rings. The molecule has 3 heteroatoms. The summed E-state index contributed by atoms with van der Waals surface area (Å²) < 4.78 is 5.81. The Morgan fingerprint density at radius 2 is 2.20 bits per heavy atom. The molecule has 1 aromatic carbocycles. The second kappa shape index (κ2) is 5.57. The Bertz CT molecular complexity index is 502. The molecule has 0 bridgehead atoms. The Hall–Kier alpha value is -0.730. The summed E-state index contributed by atoms with van der Waals surface area (Å²) in [5.74, 6) is 1.86. The maximum atomic E-state index is 6.70. The highest BCUT2D eigenvalue weighted by Crippen LogP contribution is 2.37. The quantitative estimate of drug-likeness (QED) is 0.833. The average molecular weight is 294 g/mol. The van der Waals surface area contributed by atoms with Gasteiger partial charge in [-0.1, -0.05) is 31.4 Å². The predicted octanol–water partition coefficient (Wildman–Crippen LogP) is 4.12. The third-order valence-electron chi connectivity index (χ3n) is 4.87. The van der Waals surface area contributed by atoms with Gasteiger partial charge in [-0.3, -0.25) is 0 Å². The largest absolute Gasteiger partial charge is 0.493 e. The van der Waals surface area contributed by atoms with E-state index in [2.05, 4.69) is 13.0 Å². The Kier molecular flexibility index (Phi) is 3.96. The minimum atomic E-state index is -0.0881. The molecule has 1 aliphatic carbocycles. The van der Waals surface area contributed by atoms with Gasteiger partial charge in [0.1, 0.15) is 5.75 Å². The van der Waals surface area contributed by atoms with Crippen molar-refractivity contribution in [3.8, 4) is 5.75 Å². The van der Waals surface area contributed by atoms with E-state index in [0.717, 1.165) is 49.0 Å². The van der Waals surface area contributed by atoms with E-state index < -0.39 is 0 Å². The van der Waals surface area contributed by atoms with Gasteiger partial charge in [-0.2, -0.15) is 0 Å². The number of fused-ring (bicyclic) bond motifs is 1. The van der Waals surface area contributed by atoms with Crippen LogP contribution in [0.1, 0.15) is 50.2 Å². The number of hydrogen-bond acceptors (Lipinski definition) is 2. The lowest BCUT2D eigenvalue weighted by Gasteiger charge is -2.29. The van der Waals surface area contributed by atoms with Crippen LogP contribution >= 0.6 is 11.6 Å². The average Bonchev–Trinajstić information content (AvgIpc) is 2.78. The van der Waals surface area contributed by atoms with Crippen molar-refractivity contribution in [2.45, 2.75) is 57.4 Å². The molecule has 1 aromatic rings. The summed E-state index contributed by atoms with van der Waals surface area (Å²) in [6, 6.07) is 4.08. The molecule has 2 unspecified atom stereocenters. The highest BCUT2D eigenvalue weighted by Gasteiger charge is 2.30. The van der Waals surface area contributed by atoms with Gasteiger partial charge in [0.25, 0.3) is 0 Å². The van der Waals surface area contributed by atoms with Crippen molar-refractivity contribution in [2.75, 3.05) is 6.61 Å². The smallest absolute Gasteiger partial charge is 0.125 e. The van der Waals surface area contributed by atoms with Crippen LogP contribution in [0.2, 0.25) is 5.02 Å². The summed E-state index contributed by atoms with van der Waals surface area (Å²) in [4.78, 5) is 0. The highest BCUT2D eigenvalue weighted by atomic mass is 35.5. The molecular formula is C17H24ClNO. The number of nitrogens with two attached hydrogens (primary N) is 1. The van der Waals surface area contributed by atoms with Crippen LogP contribution in [0.25, 0.3) is 0 Å². The first kappa shape index (κ1) is 14.2. The first-order chi connectivity index (χ1) is 9.56. The molecule has 0 aromatic heterocycles. The predicted molar refractivity (Wildman–Crippen MR) is 83.5 cm³/mol. The summed E-state index contributed by atoms with van der Waals surface area (Å²) in [7, 11) is 0. The van der Waals surface area contributed by atoms with Crippen molar-refractivity contribution in [3.05, 3.63) is 28.3 Å². The fraction of sp³-hybridized carbons (Fsp3) is 0.647. The molecule has 0 spiro atoms. The van der Waals surface area contributed by atoms with Crippen LogP contribution in [0.4, 0.5) is 0 Å². The summed E-state index contributed by atoms with van der Waals surface area (Å²) in [6.07, 6.45) is 7.86. The molecular weight excluding hydrogens is 270 g/mol. The molecule has 2 atom stereocenters. The highest BCUT2D eigenvalue weighted by molar-refractivity contribution is 6.30. The lowest BCUT2D eigenvalue weighted by molar-refractivity contribution is 0.335. The van der Waals surface area contributed by atoms with E-state index in [-0.39, 0.29) is 5.54 Å². The molecule has 2 nitrogen and oxygen atoms in total. The zero-order chi connectivity index (χ0) is 14.2. The number of ether oxygens (including phenoxy) is 1. The van der Waals surface area contributed by atoms with E-state index in [9.17, 15) is 0 Å². The third-order valence-corrected chi connectivity index (χ3v) is 5.09. The number of hydrogen-bond donors (Lipinski definition) is 1. The molecule has 1 saturated carbocycles. The first-order valence-electron chi connectivity index (χ1n) is 7.79. The van der Waals surface area contributed by atoms with Crippen LogP contribution in [0, 0.1) is 5.92 Å². The van der Waals surface area contributed by atoms with Crippen LogP contribution in [0.5, 0.6) is 5.75 Å². The fourth-order valence-electron chi connectivity index (χ4n) is 3.64. The van der Waals surface area contributed by atoms with Crippen LogP contribution in [0.15, 0.2) is 12.1 Å². The van der Waals surface area contributed by atoms with E-state index >= 15 is 0 Å². The van der Waals surface area contributed by atoms with E-state index in [0.29, 0.717) is 0 Å². The standard InChI is InChI=1S/C17H24ClNO/c1-12-3-2-6-17(19,7-4-12)11-14-10-15(18)9-13-5-8-20-16(13)14/h9-10,12H,2-8,11,19H2,1H3. The SMILES string of the molecule is CC1CCCC(N)(Cc2cc(Cl)cc3c2OCC3)CC1. The van der Waals surface area contributed by atoms with E-state index in [4.69, 9.17) is 22.1 Å². The van der Waals surface area contributed by atoms with Gasteiger partial charge < -0.3 is 10.5 Å². The molecule has 0 radical (unpaired) electrons. The second-order valence-electron chi connectivity index (χ2n) is 6.73. The molecule has 2 N–H and O–H groups in total. The Balaban J connectivity index is 1.83. The van der Waals surface area contributed by atoms with Crippen molar-refractivity contribution in [2.24, 2.45) is 11.7 Å². The topological polar surface area (TPSA) is 35.2 Å². The second-order valence-corrected chi connectivity index (χ2v) is 7.16. The van der Waals surface area contributed by atoms with Crippen LogP contribution in [0.3, 0.4) is 0 Å². The van der Waals surface area contributed by atoms with Gasteiger partial charge >= 0.3 is 0 Å². The Labute approximate surface area is 126 Å². The lowest BCUT2D eigenvalue weighted by Crippen LogP contribution is -2.41. The zero-order valence-corrected chi connectivity index (χ0v) is 13.0. The lowest BCUT2D eigenvalue weighted by atomic mass is 9.84. The molecule has 3 rings (SSSR count). The molecule has 0 amide bonds. The van der Waals surface area contributed by atoms with Crippen LogP contribution < -0.4 is 10.5 Å². The normalized spacial score (nSPS) is 29.6. The van der Waals surface area contributed by atoms with E-state index in [1.54, 1.807) is 0 Å². The third kappa shape index (κ3) is 2.96. The van der Waals surface area contributed by atoms with Gasteiger partial charge in [0, 0.05) is 17.0 Å². The molecule has 1 heterocycles. The van der Waals surface area contributed by atoms with Crippen LogP contribution in [-0.2, 0) is 12.8 Å². The zero-order valence-electron chi connectivity index (χ0n) is 12.3. The first-order valence-corrected chi connectivity index (χ1v) is 8.16. The summed E-state index contributed by atoms with van der Waals surface area (Å²) in [6.45, 7) is 3.11. The van der Waals surface area contributed by atoms with Crippen LogP contribution in [-0.4, -0.2) is 12.1 Å². The van der Waals surface area contributed by atoms with Crippen molar-refractivity contribution in [1.82, 2.24) is 0 Å². The van der Waals surface area contributed by atoms with Gasteiger partial charge in [0.05, 0.1) is 6.61 Å². The Morgan fingerprint density at radius 3 is 3.05 bits per heavy atom. The summed E-state index contributed by atoms with van der Waals surface area (Å²) in [5.41, 5.74) is 9.07. The minimum absolute atomic E-state index is 0.0881. The molecule has 110 valence electrons. The number of halogens is 1. The molecule has 20 heavy (non-hydrogen) atoms. The van der Waals surface area contributed by atoms with Gasteiger partial charge in [-0.25, -0.2) is 0 Å². The van der Waals surface area contributed by atoms with Crippen molar-refractivity contribution >= 4 is 11.6 Å². The van der Waals surface area contributed by atoms with Gasteiger partial charge in [0.2, 0.25) is 0 Å². The van der Waals surface area contributed by atoms with Crippen molar-refractivity contribution < 1.29 is 4.74 Å². The van der Waals surface area contributed by atoms with Gasteiger partial charge in [-0.15, -0.1) is 0 Å².